The van der Waals surface area contributed by atoms with Gasteiger partial charge >= 0.3 is 5.97 Å². The second-order valence-corrected chi connectivity index (χ2v) is 10.8. The van der Waals surface area contributed by atoms with Crippen LogP contribution in [0.15, 0.2) is 76.4 Å². The van der Waals surface area contributed by atoms with Crippen molar-refractivity contribution >= 4 is 38.2 Å². The maximum Gasteiger partial charge on any atom is 0.353 e. The number of carbonyl (C=O) groups is 1. The second kappa shape index (κ2) is 9.30. The predicted molar refractivity (Wildman–Crippen MR) is 135 cm³/mol. The second-order valence-electron chi connectivity index (χ2n) is 8.32. The monoisotopic (exact) mass is 511 g/mol. The molecule has 0 spiro atoms. The Bertz CT molecular complexity index is 1610. The highest BCUT2D eigenvalue weighted by molar-refractivity contribution is 7.90. The third-order valence-electron chi connectivity index (χ3n) is 5.81. The Hall–Kier alpha value is -3.46. The summed E-state index contributed by atoms with van der Waals surface area (Å²) in [5.41, 5.74) is 1.35. The molecule has 4 rings (SSSR count). The number of aromatic nitrogens is 1. The van der Waals surface area contributed by atoms with E-state index in [9.17, 15) is 28.2 Å². The van der Waals surface area contributed by atoms with Gasteiger partial charge in [0.1, 0.15) is 5.69 Å². The Morgan fingerprint density at radius 2 is 1.63 bits per heavy atom. The van der Waals surface area contributed by atoms with E-state index in [0.29, 0.717) is 38.0 Å². The molecule has 1 atom stereocenters. The molecule has 0 bridgehead atoms. The molecular formula is C26H22ClNO6S. The van der Waals surface area contributed by atoms with E-state index in [4.69, 9.17) is 11.6 Å². The summed E-state index contributed by atoms with van der Waals surface area (Å²) in [5.74, 6) is -1.30. The average molecular weight is 512 g/mol. The van der Waals surface area contributed by atoms with Crippen molar-refractivity contribution in [2.24, 2.45) is 0 Å². The van der Waals surface area contributed by atoms with Gasteiger partial charge in [-0.3, -0.25) is 9.36 Å². The van der Waals surface area contributed by atoms with E-state index in [1.807, 2.05) is 0 Å². The molecule has 0 aliphatic rings. The number of carboxylic acids is 1. The first kappa shape index (κ1) is 24.7. The van der Waals surface area contributed by atoms with Crippen LogP contribution in [0.5, 0.6) is 0 Å². The topological polar surface area (TPSA) is 114 Å². The van der Waals surface area contributed by atoms with Crippen molar-refractivity contribution < 1.29 is 23.4 Å². The van der Waals surface area contributed by atoms with Gasteiger partial charge in [0.05, 0.1) is 17.5 Å². The molecule has 0 fully saturated rings. The molecule has 35 heavy (non-hydrogen) atoms. The molecule has 1 aromatic heterocycles. The SMILES string of the molecule is CC(O)c1ccc(-c2c(C(=O)O)n(Cc3ccc(S(C)(=O)=O)cc3)c(=O)c3ccc(Cl)cc23)cc1. The molecule has 7 nitrogen and oxygen atoms in total. The molecule has 2 N–H and O–H groups in total. The number of aromatic carboxylic acids is 1. The van der Waals surface area contributed by atoms with Gasteiger partial charge in [-0.25, -0.2) is 13.2 Å². The molecule has 0 radical (unpaired) electrons. The molecule has 4 aromatic rings. The van der Waals surface area contributed by atoms with E-state index >= 15 is 0 Å². The highest BCUT2D eigenvalue weighted by Gasteiger charge is 2.24. The standard InChI is InChI=1S/C26H22ClNO6S/c1-15(29)17-5-7-18(8-6-17)23-22-13-19(27)9-12-21(22)25(30)28(24(23)26(31)32)14-16-3-10-20(11-4-16)35(2,33)34/h3-13,15,29H,14H2,1-2H3,(H,31,32). The largest absolute Gasteiger partial charge is 0.477 e. The lowest BCUT2D eigenvalue weighted by Crippen LogP contribution is -2.28. The van der Waals surface area contributed by atoms with Crippen LogP contribution in [0.4, 0.5) is 0 Å². The van der Waals surface area contributed by atoms with Gasteiger partial charge in [0.25, 0.3) is 5.56 Å². The zero-order valence-corrected chi connectivity index (χ0v) is 20.5. The van der Waals surface area contributed by atoms with Gasteiger partial charge in [0.15, 0.2) is 9.84 Å². The first-order chi connectivity index (χ1) is 16.5. The van der Waals surface area contributed by atoms with Gasteiger partial charge in [-0.05, 0) is 59.3 Å². The highest BCUT2D eigenvalue weighted by Crippen LogP contribution is 2.33. The van der Waals surface area contributed by atoms with Gasteiger partial charge in [-0.1, -0.05) is 48.0 Å². The molecule has 9 heteroatoms. The van der Waals surface area contributed by atoms with Crippen LogP contribution >= 0.6 is 11.6 Å². The van der Waals surface area contributed by atoms with Crippen LogP contribution in [0, 0.1) is 0 Å². The number of nitrogens with zero attached hydrogens (tertiary/aromatic N) is 1. The lowest BCUT2D eigenvalue weighted by atomic mass is 9.95. The first-order valence-corrected chi connectivity index (χ1v) is 12.9. The Morgan fingerprint density at radius 1 is 1.00 bits per heavy atom. The highest BCUT2D eigenvalue weighted by atomic mass is 35.5. The van der Waals surface area contributed by atoms with Crippen molar-refractivity contribution in [3.63, 3.8) is 0 Å². The lowest BCUT2D eigenvalue weighted by Gasteiger charge is -2.18. The molecule has 1 heterocycles. The molecule has 0 saturated carbocycles. The van der Waals surface area contributed by atoms with Crippen molar-refractivity contribution in [3.8, 4) is 11.1 Å². The zero-order valence-electron chi connectivity index (χ0n) is 18.9. The van der Waals surface area contributed by atoms with Crippen molar-refractivity contribution in [1.82, 2.24) is 4.57 Å². The maximum absolute atomic E-state index is 13.5. The summed E-state index contributed by atoms with van der Waals surface area (Å²) < 4.78 is 24.7. The van der Waals surface area contributed by atoms with E-state index < -0.39 is 27.5 Å². The van der Waals surface area contributed by atoms with Crippen molar-refractivity contribution in [2.75, 3.05) is 6.26 Å². The molecule has 0 aliphatic heterocycles. The fourth-order valence-corrected chi connectivity index (χ4v) is 4.84. The minimum atomic E-state index is -3.40. The van der Waals surface area contributed by atoms with E-state index in [-0.39, 0.29) is 17.1 Å². The normalized spacial score (nSPS) is 12.6. The third kappa shape index (κ3) is 4.86. The van der Waals surface area contributed by atoms with Gasteiger partial charge in [0.2, 0.25) is 0 Å². The Balaban J connectivity index is 2.00. The van der Waals surface area contributed by atoms with Crippen molar-refractivity contribution in [1.29, 1.82) is 0 Å². The Morgan fingerprint density at radius 3 is 2.17 bits per heavy atom. The van der Waals surface area contributed by atoms with Gasteiger partial charge in [-0.15, -0.1) is 0 Å². The number of benzene rings is 3. The average Bonchev–Trinajstić information content (AvgIpc) is 2.80. The Labute approximate surface area is 206 Å². The number of halogens is 1. The molecule has 0 saturated heterocycles. The molecule has 180 valence electrons. The number of aliphatic hydroxyl groups excluding tert-OH is 1. The van der Waals surface area contributed by atoms with Crippen LogP contribution in [0.1, 0.15) is 34.6 Å². The van der Waals surface area contributed by atoms with E-state index in [1.54, 1.807) is 61.5 Å². The molecular weight excluding hydrogens is 490 g/mol. The van der Waals surface area contributed by atoms with E-state index in [0.717, 1.165) is 6.26 Å². The fourth-order valence-electron chi connectivity index (χ4n) is 4.04. The third-order valence-corrected chi connectivity index (χ3v) is 7.17. The number of hydrogen-bond donors (Lipinski definition) is 2. The van der Waals surface area contributed by atoms with Crippen LogP contribution in [0.3, 0.4) is 0 Å². The van der Waals surface area contributed by atoms with Crippen molar-refractivity contribution in [3.05, 3.63) is 98.9 Å². The summed E-state index contributed by atoms with van der Waals surface area (Å²) in [5, 5.41) is 21.1. The van der Waals surface area contributed by atoms with Crippen LogP contribution in [-0.4, -0.2) is 35.4 Å². The minimum Gasteiger partial charge on any atom is -0.477 e. The van der Waals surface area contributed by atoms with Crippen LogP contribution in [0.2, 0.25) is 5.02 Å². The zero-order chi connectivity index (χ0) is 25.5. The number of carboxylic acid groups (broad SMARTS) is 1. The fraction of sp³-hybridized carbons (Fsp3) is 0.154. The smallest absolute Gasteiger partial charge is 0.353 e. The summed E-state index contributed by atoms with van der Waals surface area (Å²) in [6.45, 7) is 1.55. The summed E-state index contributed by atoms with van der Waals surface area (Å²) in [4.78, 5) is 26.1. The summed E-state index contributed by atoms with van der Waals surface area (Å²) in [7, 11) is -3.40. The predicted octanol–water partition coefficient (Wildman–Crippen LogP) is 4.53. The Kier molecular flexibility index (Phi) is 6.55. The molecule has 1 unspecified atom stereocenters. The van der Waals surface area contributed by atoms with Gasteiger partial charge in [0, 0.05) is 22.2 Å². The molecule has 3 aromatic carbocycles. The van der Waals surface area contributed by atoms with E-state index in [1.165, 1.54) is 16.7 Å². The minimum absolute atomic E-state index is 0.0815. The number of fused-ring (bicyclic) bond motifs is 1. The number of sulfone groups is 1. The van der Waals surface area contributed by atoms with Gasteiger partial charge < -0.3 is 10.2 Å². The molecule has 0 amide bonds. The number of rotatable bonds is 6. The van der Waals surface area contributed by atoms with Gasteiger partial charge in [-0.2, -0.15) is 0 Å². The van der Waals surface area contributed by atoms with E-state index in [2.05, 4.69) is 0 Å². The quantitative estimate of drug-likeness (QED) is 0.393. The first-order valence-electron chi connectivity index (χ1n) is 10.6. The maximum atomic E-state index is 13.5. The van der Waals surface area contributed by atoms with Crippen LogP contribution in [0.25, 0.3) is 21.9 Å². The number of aliphatic hydroxyl groups is 1. The summed E-state index contributed by atoms with van der Waals surface area (Å²) >= 11 is 6.21. The molecule has 0 aliphatic carbocycles. The summed E-state index contributed by atoms with van der Waals surface area (Å²) in [6, 6.07) is 17.4. The number of pyridine rings is 1. The lowest BCUT2D eigenvalue weighted by molar-refractivity contribution is 0.0685. The summed E-state index contributed by atoms with van der Waals surface area (Å²) in [6.07, 6.45) is 0.400. The van der Waals surface area contributed by atoms with Crippen molar-refractivity contribution in [2.45, 2.75) is 24.5 Å². The number of hydrogen-bond acceptors (Lipinski definition) is 5. The van der Waals surface area contributed by atoms with Crippen LogP contribution < -0.4 is 5.56 Å². The van der Waals surface area contributed by atoms with Crippen LogP contribution in [-0.2, 0) is 16.4 Å².